The molecule has 1 fully saturated rings. The average molecular weight is 630 g/mol. The minimum atomic E-state index is -2.72. The van der Waals surface area contributed by atoms with E-state index in [1.807, 2.05) is 6.07 Å². The Kier molecular flexibility index (Phi) is 10.2. The van der Waals surface area contributed by atoms with Crippen molar-refractivity contribution < 1.29 is 13.6 Å². The number of hydrogen-bond donors (Lipinski definition) is 0. The van der Waals surface area contributed by atoms with Gasteiger partial charge in [0.05, 0.1) is 24.1 Å². The van der Waals surface area contributed by atoms with E-state index in [0.717, 1.165) is 5.56 Å². The largest absolute Gasteiger partial charge is 0.413 e. The summed E-state index contributed by atoms with van der Waals surface area (Å²) in [5.41, 5.74) is 1.15. The summed E-state index contributed by atoms with van der Waals surface area (Å²) >= 11 is 0. The first-order chi connectivity index (χ1) is 20.5. The second-order valence-corrected chi connectivity index (χ2v) is 24.4. The normalized spacial score (nSPS) is 20.2. The molecule has 0 spiro atoms. The predicted molar refractivity (Wildman–Crippen MR) is 189 cm³/mol. The topological polar surface area (TPSA) is 38.8 Å². The number of rotatable bonds is 11. The highest BCUT2D eigenvalue weighted by Gasteiger charge is 2.57. The number of amides is 1. The smallest absolute Gasteiger partial charge is 0.261 e. The Morgan fingerprint density at radius 1 is 0.727 bits per heavy atom. The Balaban J connectivity index is 1.71. The lowest BCUT2D eigenvalue weighted by molar-refractivity contribution is -0.173. The van der Waals surface area contributed by atoms with E-state index in [1.165, 1.54) is 10.4 Å². The van der Waals surface area contributed by atoms with Crippen LogP contribution in [0.2, 0.25) is 23.2 Å². The number of nitrogens with zero attached hydrogens (tertiary/aromatic N) is 1. The van der Waals surface area contributed by atoms with E-state index in [9.17, 15) is 4.79 Å². The second-order valence-electron chi connectivity index (χ2n) is 15.4. The zero-order chi connectivity index (χ0) is 32.5. The first-order valence-electron chi connectivity index (χ1n) is 16.3. The fraction of sp³-hybridized carbons (Fsp3) is 0.500. The van der Waals surface area contributed by atoms with Crippen molar-refractivity contribution in [3.63, 3.8) is 0 Å². The quantitative estimate of drug-likeness (QED) is 0.159. The molecule has 0 N–H and O–H groups in total. The standard InChI is InChI=1S/C38H55NO3Si2/c1-28(27-41-44(38(7,8)9,32-23-17-13-18-24-32)33-25-19-14-20-26-33)35-34(30(3)42-43(10,11)37(4,5)6)36(40)39(35)29(2)31-21-15-12-16-22-31/h12-26,28-30,34-35H,27H2,1-11H3/t28-,29+,30+,34+,35+/m0/s1. The van der Waals surface area contributed by atoms with Gasteiger partial charge in [0.1, 0.15) is 0 Å². The summed E-state index contributed by atoms with van der Waals surface area (Å²) in [6, 6.07) is 32.0. The molecular weight excluding hydrogens is 575 g/mol. The molecule has 1 saturated heterocycles. The lowest BCUT2D eigenvalue weighted by Crippen LogP contribution is -2.70. The molecule has 3 aromatic rings. The third-order valence-corrected chi connectivity index (χ3v) is 19.9. The second kappa shape index (κ2) is 13.1. The fourth-order valence-corrected chi connectivity index (χ4v) is 12.9. The molecule has 4 rings (SSSR count). The van der Waals surface area contributed by atoms with Gasteiger partial charge in [-0.3, -0.25) is 4.79 Å². The van der Waals surface area contributed by atoms with Crippen molar-refractivity contribution >= 4 is 32.9 Å². The number of benzene rings is 3. The van der Waals surface area contributed by atoms with Crippen molar-refractivity contribution in [2.45, 2.75) is 104 Å². The summed E-state index contributed by atoms with van der Waals surface area (Å²) in [5.74, 6) is 0.0962. The minimum Gasteiger partial charge on any atom is -0.413 e. The lowest BCUT2D eigenvalue weighted by Gasteiger charge is -2.56. The fourth-order valence-electron chi connectivity index (χ4n) is 6.84. The molecular formula is C38H55NO3Si2. The van der Waals surface area contributed by atoms with Crippen LogP contribution in [0.15, 0.2) is 91.0 Å². The Bertz CT molecular complexity index is 1330. The number of likely N-dealkylation sites (tertiary alicyclic amines) is 1. The van der Waals surface area contributed by atoms with Crippen molar-refractivity contribution in [1.82, 2.24) is 4.90 Å². The predicted octanol–water partition coefficient (Wildman–Crippen LogP) is 8.20. The summed E-state index contributed by atoms with van der Waals surface area (Å²) in [7, 11) is -4.79. The van der Waals surface area contributed by atoms with E-state index >= 15 is 0 Å². The van der Waals surface area contributed by atoms with Crippen LogP contribution >= 0.6 is 0 Å². The summed E-state index contributed by atoms with van der Waals surface area (Å²) in [5, 5.41) is 2.51. The SMILES string of the molecule is C[C@H](c1ccccc1)N1C(=O)[C@H]([C@@H](C)O[Si](C)(C)C(C)(C)C)[C@H]1[C@@H](C)CO[Si](c1ccccc1)(c1ccccc1)C(C)(C)C. The monoisotopic (exact) mass is 629 g/mol. The van der Waals surface area contributed by atoms with Gasteiger partial charge in [-0.15, -0.1) is 0 Å². The molecule has 1 aliphatic rings. The summed E-state index contributed by atoms with van der Waals surface area (Å²) < 4.78 is 14.3. The van der Waals surface area contributed by atoms with Crippen molar-refractivity contribution in [2.24, 2.45) is 11.8 Å². The highest BCUT2D eigenvalue weighted by molar-refractivity contribution is 6.99. The van der Waals surface area contributed by atoms with Crippen molar-refractivity contribution in [1.29, 1.82) is 0 Å². The number of hydrogen-bond acceptors (Lipinski definition) is 3. The molecule has 1 aliphatic heterocycles. The number of β-lactam (4-membered cyclic amide) rings is 1. The van der Waals surface area contributed by atoms with Gasteiger partial charge in [-0.1, -0.05) is 139 Å². The first-order valence-corrected chi connectivity index (χ1v) is 21.1. The number of carbonyl (C=O) groups excluding carboxylic acids is 1. The molecule has 0 radical (unpaired) electrons. The van der Waals surface area contributed by atoms with Crippen LogP contribution in [0.25, 0.3) is 0 Å². The third-order valence-electron chi connectivity index (χ3n) is 10.3. The highest BCUT2D eigenvalue weighted by atomic mass is 28.4. The summed E-state index contributed by atoms with van der Waals surface area (Å²) in [6.07, 6.45) is -0.164. The van der Waals surface area contributed by atoms with Crippen molar-refractivity contribution in [3.8, 4) is 0 Å². The molecule has 0 unspecified atom stereocenters. The molecule has 1 amide bonds. The van der Waals surface area contributed by atoms with Gasteiger partial charge in [0.2, 0.25) is 5.91 Å². The van der Waals surface area contributed by atoms with Crippen LogP contribution in [0.4, 0.5) is 0 Å². The Morgan fingerprint density at radius 3 is 1.61 bits per heavy atom. The summed E-state index contributed by atoms with van der Waals surface area (Å²) in [4.78, 5) is 16.2. The van der Waals surface area contributed by atoms with Crippen LogP contribution in [0.5, 0.6) is 0 Å². The molecule has 5 atom stereocenters. The molecule has 6 heteroatoms. The van der Waals surface area contributed by atoms with E-state index in [0.29, 0.717) is 6.61 Å². The van der Waals surface area contributed by atoms with Gasteiger partial charge < -0.3 is 13.8 Å². The van der Waals surface area contributed by atoms with E-state index in [-0.39, 0.29) is 46.0 Å². The molecule has 0 aromatic heterocycles. The van der Waals surface area contributed by atoms with E-state index in [4.69, 9.17) is 8.85 Å². The molecule has 4 nitrogen and oxygen atoms in total. The Morgan fingerprint density at radius 2 is 1.18 bits per heavy atom. The van der Waals surface area contributed by atoms with Crippen LogP contribution in [0.3, 0.4) is 0 Å². The molecule has 0 aliphatic carbocycles. The first kappa shape index (κ1) is 34.4. The van der Waals surface area contributed by atoms with Gasteiger partial charge in [0, 0.05) is 6.61 Å². The van der Waals surface area contributed by atoms with Crippen LogP contribution < -0.4 is 10.4 Å². The van der Waals surface area contributed by atoms with E-state index in [2.05, 4.69) is 165 Å². The molecule has 1 heterocycles. The average Bonchev–Trinajstić information content (AvgIpc) is 2.96. The zero-order valence-electron chi connectivity index (χ0n) is 28.9. The Hall–Kier alpha value is -2.52. The lowest BCUT2D eigenvalue weighted by atomic mass is 9.75. The number of carbonyl (C=O) groups is 1. The maximum atomic E-state index is 14.1. The zero-order valence-corrected chi connectivity index (χ0v) is 30.9. The van der Waals surface area contributed by atoms with Gasteiger partial charge in [-0.2, -0.15) is 0 Å². The van der Waals surface area contributed by atoms with Crippen molar-refractivity contribution in [2.75, 3.05) is 6.61 Å². The Labute approximate surface area is 269 Å². The minimum absolute atomic E-state index is 0.00990. The van der Waals surface area contributed by atoms with Gasteiger partial charge in [-0.05, 0) is 58.9 Å². The molecule has 0 bridgehead atoms. The van der Waals surface area contributed by atoms with Gasteiger partial charge >= 0.3 is 0 Å². The molecule has 238 valence electrons. The van der Waals surface area contributed by atoms with Gasteiger partial charge in [0.15, 0.2) is 8.32 Å². The van der Waals surface area contributed by atoms with E-state index < -0.39 is 16.6 Å². The van der Waals surface area contributed by atoms with Crippen LogP contribution in [-0.2, 0) is 13.6 Å². The van der Waals surface area contributed by atoms with Gasteiger partial charge in [0.25, 0.3) is 8.32 Å². The molecule has 3 aromatic carbocycles. The maximum absolute atomic E-state index is 14.1. The van der Waals surface area contributed by atoms with Crippen molar-refractivity contribution in [3.05, 3.63) is 96.6 Å². The maximum Gasteiger partial charge on any atom is 0.261 e. The van der Waals surface area contributed by atoms with Crippen LogP contribution in [-0.4, -0.2) is 46.2 Å². The van der Waals surface area contributed by atoms with Gasteiger partial charge in [-0.25, -0.2) is 0 Å². The van der Waals surface area contributed by atoms with Crippen LogP contribution in [0, 0.1) is 11.8 Å². The van der Waals surface area contributed by atoms with Crippen LogP contribution in [0.1, 0.15) is 73.9 Å². The third kappa shape index (κ3) is 6.55. The molecule has 0 saturated carbocycles. The molecule has 44 heavy (non-hydrogen) atoms. The summed E-state index contributed by atoms with van der Waals surface area (Å²) in [6.45, 7) is 25.4. The van der Waals surface area contributed by atoms with E-state index in [1.54, 1.807) is 0 Å². The highest BCUT2D eigenvalue weighted by Crippen LogP contribution is 2.45.